The molecule has 0 fully saturated rings. The van der Waals surface area contributed by atoms with Crippen molar-refractivity contribution in [2.75, 3.05) is 6.79 Å². The molecule has 0 saturated heterocycles. The number of hydrogen-bond acceptors (Lipinski definition) is 6. The minimum atomic E-state index is -0.730. The molecular weight excluding hydrogens is 346 g/mol. The van der Waals surface area contributed by atoms with Crippen LogP contribution < -0.4 is 19.6 Å². The summed E-state index contributed by atoms with van der Waals surface area (Å²) in [5, 5.41) is 4.92. The van der Waals surface area contributed by atoms with Crippen molar-refractivity contribution >= 4 is 23.0 Å². The van der Waals surface area contributed by atoms with Gasteiger partial charge in [0.1, 0.15) is 11.3 Å². The van der Waals surface area contributed by atoms with Crippen LogP contribution >= 0.6 is 0 Å². The second kappa shape index (κ2) is 7.33. The van der Waals surface area contributed by atoms with Crippen molar-refractivity contribution in [1.82, 2.24) is 10.4 Å². The highest BCUT2D eigenvalue weighted by molar-refractivity contribution is 5.87. The Labute approximate surface area is 155 Å². The molecule has 0 radical (unpaired) electrons. The molecule has 1 aliphatic heterocycles. The number of carbonyl (C=O) groups excluding carboxylic acids is 1. The summed E-state index contributed by atoms with van der Waals surface area (Å²) < 4.78 is 16.3. The summed E-state index contributed by atoms with van der Waals surface area (Å²) in [7, 11) is 0. The molecule has 0 spiro atoms. The fraction of sp³-hybridized carbons (Fsp3) is 0.150. The van der Waals surface area contributed by atoms with Crippen molar-refractivity contribution < 1.29 is 19.0 Å². The summed E-state index contributed by atoms with van der Waals surface area (Å²) >= 11 is 0. The molecule has 7 nitrogen and oxygen atoms in total. The van der Waals surface area contributed by atoms with Gasteiger partial charge in [0.2, 0.25) is 6.79 Å². The lowest BCUT2D eigenvalue weighted by Crippen LogP contribution is -2.33. The second-order valence-corrected chi connectivity index (χ2v) is 5.94. The van der Waals surface area contributed by atoms with Gasteiger partial charge in [0.25, 0.3) is 5.91 Å². The van der Waals surface area contributed by atoms with E-state index < -0.39 is 6.10 Å². The topological polar surface area (TPSA) is 82.0 Å². The zero-order valence-electron chi connectivity index (χ0n) is 14.6. The minimum Gasteiger partial charge on any atom is -0.479 e. The Hall–Kier alpha value is -3.61. The van der Waals surface area contributed by atoms with Crippen LogP contribution in [-0.2, 0) is 4.79 Å². The fourth-order valence-electron chi connectivity index (χ4n) is 2.67. The van der Waals surface area contributed by atoms with E-state index in [1.54, 1.807) is 31.3 Å². The van der Waals surface area contributed by atoms with Crippen molar-refractivity contribution in [1.29, 1.82) is 0 Å². The van der Waals surface area contributed by atoms with Gasteiger partial charge in [-0.1, -0.05) is 18.2 Å². The number of fused-ring (bicyclic) bond motifs is 2. The molecule has 1 N–H and O–H groups in total. The summed E-state index contributed by atoms with van der Waals surface area (Å²) in [6.45, 7) is 1.87. The molecule has 3 aromatic rings. The van der Waals surface area contributed by atoms with Crippen LogP contribution in [0.4, 0.5) is 0 Å². The molecule has 1 aliphatic rings. The van der Waals surface area contributed by atoms with E-state index in [9.17, 15) is 4.79 Å². The van der Waals surface area contributed by atoms with Crippen molar-refractivity contribution in [3.63, 3.8) is 0 Å². The molecule has 1 aromatic heterocycles. The molecule has 0 saturated carbocycles. The number of nitrogens with one attached hydrogen (secondary N) is 1. The van der Waals surface area contributed by atoms with Crippen LogP contribution in [0.25, 0.3) is 10.9 Å². The van der Waals surface area contributed by atoms with Crippen LogP contribution in [0.15, 0.2) is 59.8 Å². The lowest BCUT2D eigenvalue weighted by Gasteiger charge is -2.14. The molecule has 0 aliphatic carbocycles. The molecule has 2 aromatic carbocycles. The fourth-order valence-corrected chi connectivity index (χ4v) is 2.67. The van der Waals surface area contributed by atoms with Gasteiger partial charge in [-0.15, -0.1) is 0 Å². The highest BCUT2D eigenvalue weighted by Crippen LogP contribution is 2.32. The number of hydrazone groups is 1. The first-order valence-corrected chi connectivity index (χ1v) is 8.44. The van der Waals surface area contributed by atoms with Crippen LogP contribution in [-0.4, -0.2) is 30.0 Å². The van der Waals surface area contributed by atoms with Gasteiger partial charge < -0.3 is 14.2 Å². The van der Waals surface area contributed by atoms with E-state index in [2.05, 4.69) is 15.5 Å². The third-order valence-electron chi connectivity index (χ3n) is 4.05. The Balaban J connectivity index is 1.39. The summed E-state index contributed by atoms with van der Waals surface area (Å²) in [6.07, 6.45) is 2.49. The van der Waals surface area contributed by atoms with E-state index in [1.807, 2.05) is 30.3 Å². The van der Waals surface area contributed by atoms with Crippen LogP contribution in [0.1, 0.15) is 12.5 Å². The van der Waals surface area contributed by atoms with E-state index in [4.69, 9.17) is 14.2 Å². The van der Waals surface area contributed by atoms with Crippen molar-refractivity contribution in [3.05, 3.63) is 60.3 Å². The number of pyridine rings is 1. The number of rotatable bonds is 5. The molecule has 0 unspecified atom stereocenters. The van der Waals surface area contributed by atoms with Crippen LogP contribution in [0.5, 0.6) is 17.2 Å². The first-order valence-electron chi connectivity index (χ1n) is 8.44. The number of amides is 1. The zero-order chi connectivity index (χ0) is 18.6. The van der Waals surface area contributed by atoms with Gasteiger partial charge >= 0.3 is 0 Å². The van der Waals surface area contributed by atoms with E-state index in [-0.39, 0.29) is 12.7 Å². The molecule has 136 valence electrons. The maximum atomic E-state index is 12.2. The quantitative estimate of drug-likeness (QED) is 0.557. The van der Waals surface area contributed by atoms with Crippen molar-refractivity contribution in [3.8, 4) is 17.2 Å². The maximum absolute atomic E-state index is 12.2. The number of para-hydroxylation sites is 1. The van der Waals surface area contributed by atoms with Crippen LogP contribution in [0.3, 0.4) is 0 Å². The van der Waals surface area contributed by atoms with Crippen LogP contribution in [0.2, 0.25) is 0 Å². The largest absolute Gasteiger partial charge is 0.479 e. The normalized spacial score (nSPS) is 13.7. The van der Waals surface area contributed by atoms with Crippen molar-refractivity contribution in [2.45, 2.75) is 13.0 Å². The standard InChI is InChI=1S/C20H17N3O4/c1-13(27-17-6-2-4-15-5-3-9-21-19(15)17)20(24)23-22-11-14-7-8-16-18(10-14)26-12-25-16/h2-11,13H,12H2,1H3,(H,23,24)/t13-/m0/s1. The number of benzene rings is 2. The summed E-state index contributed by atoms with van der Waals surface area (Å²) in [4.78, 5) is 16.6. The highest BCUT2D eigenvalue weighted by Gasteiger charge is 2.16. The van der Waals surface area contributed by atoms with Gasteiger partial charge in [-0.05, 0) is 42.8 Å². The highest BCUT2D eigenvalue weighted by atomic mass is 16.7. The Kier molecular flexibility index (Phi) is 4.57. The second-order valence-electron chi connectivity index (χ2n) is 5.94. The van der Waals surface area contributed by atoms with Crippen LogP contribution in [0, 0.1) is 0 Å². The van der Waals surface area contributed by atoms with Crippen molar-refractivity contribution in [2.24, 2.45) is 5.10 Å². The third-order valence-corrected chi connectivity index (χ3v) is 4.05. The third kappa shape index (κ3) is 3.67. The monoisotopic (exact) mass is 363 g/mol. The van der Waals surface area contributed by atoms with E-state index in [1.165, 1.54) is 6.21 Å². The molecule has 1 amide bonds. The minimum absolute atomic E-state index is 0.213. The van der Waals surface area contributed by atoms with Gasteiger partial charge in [-0.2, -0.15) is 5.10 Å². The molecule has 27 heavy (non-hydrogen) atoms. The SMILES string of the molecule is C[C@H](Oc1cccc2cccnc12)C(=O)NN=Cc1ccc2c(c1)OCO2. The summed E-state index contributed by atoms with van der Waals surface area (Å²) in [6, 6.07) is 14.8. The molecule has 2 heterocycles. The first kappa shape index (κ1) is 16.8. The Morgan fingerprint density at radius 2 is 2.07 bits per heavy atom. The molecular formula is C20H17N3O4. The van der Waals surface area contributed by atoms with Gasteiger partial charge in [0.15, 0.2) is 17.6 Å². The first-order chi connectivity index (χ1) is 13.2. The smallest absolute Gasteiger partial charge is 0.280 e. The predicted molar refractivity (Wildman–Crippen MR) is 100 cm³/mol. The average molecular weight is 363 g/mol. The molecule has 1 atom stereocenters. The molecule has 0 bridgehead atoms. The van der Waals surface area contributed by atoms with E-state index in [0.29, 0.717) is 22.8 Å². The zero-order valence-corrected chi connectivity index (χ0v) is 14.6. The lowest BCUT2D eigenvalue weighted by atomic mass is 10.2. The van der Waals surface area contributed by atoms with E-state index >= 15 is 0 Å². The Bertz CT molecular complexity index is 1010. The van der Waals surface area contributed by atoms with Gasteiger partial charge in [0, 0.05) is 11.6 Å². The lowest BCUT2D eigenvalue weighted by molar-refractivity contribution is -0.127. The predicted octanol–water partition coefficient (Wildman–Crippen LogP) is 2.88. The number of nitrogens with zero attached hydrogens (tertiary/aromatic N) is 2. The average Bonchev–Trinajstić information content (AvgIpc) is 3.16. The van der Waals surface area contributed by atoms with Gasteiger partial charge in [0.05, 0.1) is 6.21 Å². The molecule has 7 heteroatoms. The number of ether oxygens (including phenoxy) is 3. The summed E-state index contributed by atoms with van der Waals surface area (Å²) in [5.41, 5.74) is 3.98. The maximum Gasteiger partial charge on any atom is 0.280 e. The van der Waals surface area contributed by atoms with E-state index in [0.717, 1.165) is 10.9 Å². The number of hydrogen-bond donors (Lipinski definition) is 1. The molecule has 4 rings (SSSR count). The number of carbonyl (C=O) groups is 1. The Morgan fingerprint density at radius 3 is 3.00 bits per heavy atom. The van der Waals surface area contributed by atoms with Gasteiger partial charge in [-0.25, -0.2) is 5.43 Å². The summed E-state index contributed by atoms with van der Waals surface area (Å²) in [5.74, 6) is 1.54. The number of aromatic nitrogens is 1. The Morgan fingerprint density at radius 1 is 1.22 bits per heavy atom. The van der Waals surface area contributed by atoms with Gasteiger partial charge in [-0.3, -0.25) is 9.78 Å².